The van der Waals surface area contributed by atoms with Crippen LogP contribution in [0, 0.1) is 5.92 Å². The molecule has 1 N–H and O–H groups in total. The molecule has 148 valence electrons. The summed E-state index contributed by atoms with van der Waals surface area (Å²) in [6.45, 7) is 4.37. The Kier molecular flexibility index (Phi) is 5.53. The number of thioether (sulfide) groups is 1. The summed E-state index contributed by atoms with van der Waals surface area (Å²) in [5.41, 5.74) is 3.99. The van der Waals surface area contributed by atoms with E-state index in [4.69, 9.17) is 0 Å². The number of carbonyl (C=O) groups is 1. The summed E-state index contributed by atoms with van der Waals surface area (Å²) >= 11 is 1.35. The fourth-order valence-corrected chi connectivity index (χ4v) is 4.67. The average molecular weight is 398 g/mol. The van der Waals surface area contributed by atoms with E-state index in [-0.39, 0.29) is 5.91 Å². The molecule has 2 aromatic heterocycles. The van der Waals surface area contributed by atoms with E-state index in [0.717, 1.165) is 34.9 Å². The van der Waals surface area contributed by atoms with Crippen LogP contribution >= 0.6 is 11.8 Å². The summed E-state index contributed by atoms with van der Waals surface area (Å²) in [5.74, 6) is 0.929. The molecule has 0 bridgehead atoms. The Bertz CT molecular complexity index is 1010. The smallest absolute Gasteiger partial charge is 0.230 e. The van der Waals surface area contributed by atoms with Crippen molar-refractivity contribution in [3.8, 4) is 0 Å². The lowest BCUT2D eigenvalue weighted by atomic mass is 9.86. The molecule has 0 spiro atoms. The third-order valence-corrected chi connectivity index (χ3v) is 6.68. The molecule has 1 saturated carbocycles. The van der Waals surface area contributed by atoms with Crippen molar-refractivity contribution in [1.29, 1.82) is 0 Å². The minimum atomic E-state index is 0.0528. The summed E-state index contributed by atoms with van der Waals surface area (Å²) in [6.07, 6.45) is 5.73. The Balaban J connectivity index is 1.49. The predicted molar refractivity (Wildman–Crippen MR) is 113 cm³/mol. The molecule has 0 aliphatic heterocycles. The number of carbonyl (C=O) groups excluding carboxylic acids is 1. The number of fused-ring (bicyclic) bond motifs is 3. The fraction of sp³-hybridized carbons (Fsp3) is 0.524. The first-order valence-corrected chi connectivity index (χ1v) is 11.1. The molecule has 3 aromatic rings. The number of amides is 1. The second-order valence-corrected chi connectivity index (χ2v) is 8.70. The Morgan fingerprint density at radius 1 is 1.29 bits per heavy atom. The van der Waals surface area contributed by atoms with E-state index in [1.54, 1.807) is 0 Å². The van der Waals surface area contributed by atoms with E-state index in [1.807, 2.05) is 11.6 Å². The average Bonchev–Trinajstić information content (AvgIpc) is 2.99. The molecule has 2 atom stereocenters. The van der Waals surface area contributed by atoms with Crippen molar-refractivity contribution in [3.63, 3.8) is 0 Å². The SMILES string of the molecule is CCc1ccc2c(c1)c1nnc(SCC(=O)N[C@@H]3CCCC[C@H]3C)nc1n2C. The summed E-state index contributed by atoms with van der Waals surface area (Å²) < 4.78 is 2.05. The Hall–Kier alpha value is -2.15. The van der Waals surface area contributed by atoms with Gasteiger partial charge in [0.2, 0.25) is 11.1 Å². The van der Waals surface area contributed by atoms with Crippen molar-refractivity contribution in [1.82, 2.24) is 25.1 Å². The van der Waals surface area contributed by atoms with Gasteiger partial charge in [0.15, 0.2) is 5.65 Å². The van der Waals surface area contributed by atoms with Gasteiger partial charge in [0.1, 0.15) is 5.52 Å². The topological polar surface area (TPSA) is 72.7 Å². The lowest BCUT2D eigenvalue weighted by molar-refractivity contribution is -0.119. The van der Waals surface area contributed by atoms with Crippen LogP contribution in [-0.2, 0) is 18.3 Å². The van der Waals surface area contributed by atoms with E-state index < -0.39 is 0 Å². The largest absolute Gasteiger partial charge is 0.352 e. The van der Waals surface area contributed by atoms with Crippen LogP contribution in [-0.4, -0.2) is 37.5 Å². The first-order valence-electron chi connectivity index (χ1n) is 10.1. The third kappa shape index (κ3) is 3.72. The highest BCUT2D eigenvalue weighted by molar-refractivity contribution is 7.99. The van der Waals surface area contributed by atoms with Gasteiger partial charge in [-0.15, -0.1) is 10.2 Å². The van der Waals surface area contributed by atoms with E-state index in [2.05, 4.69) is 52.5 Å². The van der Waals surface area contributed by atoms with Crippen LogP contribution in [0.3, 0.4) is 0 Å². The van der Waals surface area contributed by atoms with Gasteiger partial charge in [-0.3, -0.25) is 4.79 Å². The van der Waals surface area contributed by atoms with Crippen molar-refractivity contribution in [2.45, 2.75) is 57.1 Å². The first kappa shape index (κ1) is 19.2. The number of nitrogens with one attached hydrogen (secondary N) is 1. The van der Waals surface area contributed by atoms with E-state index in [9.17, 15) is 4.79 Å². The zero-order valence-corrected chi connectivity index (χ0v) is 17.6. The van der Waals surface area contributed by atoms with Gasteiger partial charge in [-0.1, -0.05) is 44.5 Å². The van der Waals surface area contributed by atoms with Gasteiger partial charge in [-0.25, -0.2) is 4.98 Å². The maximum Gasteiger partial charge on any atom is 0.230 e. The summed E-state index contributed by atoms with van der Waals surface area (Å²) in [7, 11) is 2.00. The highest BCUT2D eigenvalue weighted by Gasteiger charge is 2.23. The number of rotatable bonds is 5. The minimum Gasteiger partial charge on any atom is -0.352 e. The summed E-state index contributed by atoms with van der Waals surface area (Å²) in [4.78, 5) is 17.0. The molecule has 1 amide bonds. The number of hydrogen-bond donors (Lipinski definition) is 1. The van der Waals surface area contributed by atoms with E-state index in [0.29, 0.717) is 22.9 Å². The fourth-order valence-electron chi connectivity index (χ4n) is 4.08. The Morgan fingerprint density at radius 3 is 2.89 bits per heavy atom. The van der Waals surface area contributed by atoms with Gasteiger partial charge < -0.3 is 9.88 Å². The lowest BCUT2D eigenvalue weighted by Gasteiger charge is -2.29. The molecule has 1 aliphatic carbocycles. The van der Waals surface area contributed by atoms with Crippen LogP contribution in [0.4, 0.5) is 0 Å². The van der Waals surface area contributed by atoms with Crippen LogP contribution in [0.15, 0.2) is 23.4 Å². The summed E-state index contributed by atoms with van der Waals surface area (Å²) in [5, 5.41) is 13.5. The van der Waals surface area contributed by atoms with Gasteiger partial charge >= 0.3 is 0 Å². The molecular formula is C21H27N5OS. The number of aromatic nitrogens is 4. The molecular weight excluding hydrogens is 370 g/mol. The van der Waals surface area contributed by atoms with Crippen LogP contribution < -0.4 is 5.32 Å². The maximum absolute atomic E-state index is 12.4. The standard InChI is InChI=1S/C21H27N5OS/c1-4-14-9-10-17-15(11-14)19-20(26(17)3)23-21(25-24-19)28-12-18(27)22-16-8-6-5-7-13(16)2/h9-11,13,16H,4-8,12H2,1-3H3,(H,22,27)/t13-,16-/m1/s1. The number of benzene rings is 1. The minimum absolute atomic E-state index is 0.0528. The maximum atomic E-state index is 12.4. The Morgan fingerprint density at radius 2 is 2.11 bits per heavy atom. The van der Waals surface area contributed by atoms with Gasteiger partial charge in [0.25, 0.3) is 0 Å². The van der Waals surface area contributed by atoms with Crippen molar-refractivity contribution >= 4 is 39.7 Å². The predicted octanol–water partition coefficient (Wildman–Crippen LogP) is 3.87. The van der Waals surface area contributed by atoms with Crippen molar-refractivity contribution < 1.29 is 4.79 Å². The first-order chi connectivity index (χ1) is 13.6. The van der Waals surface area contributed by atoms with E-state index >= 15 is 0 Å². The molecule has 0 saturated heterocycles. The quantitative estimate of drug-likeness (QED) is 0.662. The lowest BCUT2D eigenvalue weighted by Crippen LogP contribution is -2.41. The van der Waals surface area contributed by atoms with Crippen molar-refractivity contribution in [3.05, 3.63) is 23.8 Å². The molecule has 28 heavy (non-hydrogen) atoms. The van der Waals surface area contributed by atoms with Crippen LogP contribution in [0.2, 0.25) is 0 Å². The van der Waals surface area contributed by atoms with Crippen molar-refractivity contribution in [2.24, 2.45) is 13.0 Å². The second-order valence-electron chi connectivity index (χ2n) is 7.76. The molecule has 1 aliphatic rings. The number of hydrogen-bond acceptors (Lipinski definition) is 5. The highest BCUT2D eigenvalue weighted by Crippen LogP contribution is 2.27. The molecule has 7 heteroatoms. The van der Waals surface area contributed by atoms with Gasteiger partial charge in [-0.2, -0.15) is 0 Å². The van der Waals surface area contributed by atoms with Gasteiger partial charge in [-0.05, 0) is 42.9 Å². The summed E-state index contributed by atoms with van der Waals surface area (Å²) in [6, 6.07) is 6.72. The monoisotopic (exact) mass is 397 g/mol. The zero-order valence-electron chi connectivity index (χ0n) is 16.7. The van der Waals surface area contributed by atoms with Crippen LogP contribution in [0.1, 0.15) is 45.1 Å². The number of nitrogens with zero attached hydrogens (tertiary/aromatic N) is 4. The third-order valence-electron chi connectivity index (χ3n) is 5.84. The van der Waals surface area contributed by atoms with Crippen LogP contribution in [0.25, 0.3) is 22.1 Å². The van der Waals surface area contributed by atoms with E-state index in [1.165, 1.54) is 36.6 Å². The number of aryl methyl sites for hydroxylation is 2. The second kappa shape index (κ2) is 8.07. The molecule has 1 aromatic carbocycles. The normalized spacial score (nSPS) is 20.0. The van der Waals surface area contributed by atoms with Crippen LogP contribution in [0.5, 0.6) is 0 Å². The van der Waals surface area contributed by atoms with Gasteiger partial charge in [0.05, 0.1) is 11.3 Å². The molecule has 6 nitrogen and oxygen atoms in total. The molecule has 4 rings (SSSR count). The molecule has 0 unspecified atom stereocenters. The van der Waals surface area contributed by atoms with Crippen molar-refractivity contribution in [2.75, 3.05) is 5.75 Å². The molecule has 1 fully saturated rings. The van der Waals surface area contributed by atoms with Gasteiger partial charge in [0, 0.05) is 18.5 Å². The molecule has 0 radical (unpaired) electrons. The zero-order chi connectivity index (χ0) is 19.7. The molecule has 2 heterocycles. The Labute approximate surface area is 169 Å². The highest BCUT2D eigenvalue weighted by atomic mass is 32.2.